The zero-order chi connectivity index (χ0) is 15.6. The molecule has 0 aliphatic heterocycles. The Hall–Kier alpha value is -1.44. The van der Waals surface area contributed by atoms with Crippen LogP contribution in [0.4, 0.5) is 5.69 Å². The number of aryl methyl sites for hydroxylation is 1. The zero-order valence-corrected chi connectivity index (χ0v) is 14.3. The molecule has 0 aliphatic carbocycles. The second-order valence-electron chi connectivity index (χ2n) is 4.61. The summed E-state index contributed by atoms with van der Waals surface area (Å²) in [6.07, 6.45) is 0. The van der Waals surface area contributed by atoms with E-state index in [4.69, 9.17) is 10.5 Å². The molecule has 1 unspecified atom stereocenters. The van der Waals surface area contributed by atoms with Gasteiger partial charge in [-0.3, -0.25) is 4.79 Å². The average Bonchev–Trinajstić information content (AvgIpc) is 2.91. The van der Waals surface area contributed by atoms with Gasteiger partial charge in [0.15, 0.2) is 0 Å². The predicted octanol–water partition coefficient (Wildman–Crippen LogP) is 3.49. The molecule has 1 amide bonds. The van der Waals surface area contributed by atoms with E-state index in [1.807, 2.05) is 19.9 Å². The maximum absolute atomic E-state index is 12.3. The summed E-state index contributed by atoms with van der Waals surface area (Å²) in [7, 11) is 1.56. The van der Waals surface area contributed by atoms with E-state index in [0.717, 1.165) is 15.0 Å². The van der Waals surface area contributed by atoms with Crippen LogP contribution in [0.3, 0.4) is 0 Å². The molecule has 0 bridgehead atoms. The fourth-order valence-electron chi connectivity index (χ4n) is 1.81. The van der Waals surface area contributed by atoms with Crippen LogP contribution in [0.5, 0.6) is 5.75 Å². The second-order valence-corrected chi connectivity index (χ2v) is 6.42. The Morgan fingerprint density at radius 1 is 1.52 bits per heavy atom. The molecule has 21 heavy (non-hydrogen) atoms. The van der Waals surface area contributed by atoms with Crippen LogP contribution in [-0.4, -0.2) is 18.0 Å². The second kappa shape index (κ2) is 6.55. The lowest BCUT2D eigenvalue weighted by molar-refractivity contribution is 0.102. The van der Waals surface area contributed by atoms with E-state index in [-0.39, 0.29) is 11.9 Å². The number of thiazole rings is 1. The van der Waals surface area contributed by atoms with E-state index >= 15 is 0 Å². The number of carbonyl (C=O) groups excluding carboxylic acids is 1. The third kappa shape index (κ3) is 3.61. The SMILES string of the molecule is COc1cc(Br)cc(C)c1NC(=O)c1csc(C(C)N)n1. The van der Waals surface area contributed by atoms with Crippen molar-refractivity contribution >= 4 is 38.9 Å². The van der Waals surface area contributed by atoms with Gasteiger partial charge < -0.3 is 15.8 Å². The van der Waals surface area contributed by atoms with Crippen LogP contribution in [0, 0.1) is 6.92 Å². The minimum atomic E-state index is -0.276. The normalized spacial score (nSPS) is 12.0. The van der Waals surface area contributed by atoms with E-state index in [1.165, 1.54) is 11.3 Å². The molecule has 112 valence electrons. The minimum absolute atomic E-state index is 0.180. The highest BCUT2D eigenvalue weighted by Gasteiger charge is 2.16. The quantitative estimate of drug-likeness (QED) is 0.864. The number of halogens is 1. The summed E-state index contributed by atoms with van der Waals surface area (Å²) in [5.41, 5.74) is 7.66. The van der Waals surface area contributed by atoms with Gasteiger partial charge in [0.2, 0.25) is 0 Å². The van der Waals surface area contributed by atoms with Crippen molar-refractivity contribution in [2.45, 2.75) is 19.9 Å². The van der Waals surface area contributed by atoms with Gasteiger partial charge in [0.1, 0.15) is 16.5 Å². The highest BCUT2D eigenvalue weighted by atomic mass is 79.9. The van der Waals surface area contributed by atoms with E-state index in [2.05, 4.69) is 26.2 Å². The third-order valence-electron chi connectivity index (χ3n) is 2.87. The average molecular weight is 370 g/mol. The molecule has 1 atom stereocenters. The van der Waals surface area contributed by atoms with Crippen LogP contribution in [0.2, 0.25) is 0 Å². The number of anilines is 1. The monoisotopic (exact) mass is 369 g/mol. The first-order chi connectivity index (χ1) is 9.92. The summed E-state index contributed by atoms with van der Waals surface area (Å²) in [5, 5.41) is 5.28. The number of aromatic nitrogens is 1. The summed E-state index contributed by atoms with van der Waals surface area (Å²) in [5.74, 6) is 0.319. The first-order valence-electron chi connectivity index (χ1n) is 6.29. The van der Waals surface area contributed by atoms with E-state index in [9.17, 15) is 4.79 Å². The fraction of sp³-hybridized carbons (Fsp3) is 0.286. The molecule has 0 spiro atoms. The largest absolute Gasteiger partial charge is 0.495 e. The van der Waals surface area contributed by atoms with Crippen molar-refractivity contribution < 1.29 is 9.53 Å². The van der Waals surface area contributed by atoms with Crippen molar-refractivity contribution in [3.05, 3.63) is 38.3 Å². The number of nitrogens with two attached hydrogens (primary N) is 1. The molecule has 1 aromatic heterocycles. The van der Waals surface area contributed by atoms with Crippen LogP contribution in [0.15, 0.2) is 22.0 Å². The van der Waals surface area contributed by atoms with Crippen LogP contribution in [0.1, 0.15) is 34.0 Å². The van der Waals surface area contributed by atoms with Crippen molar-refractivity contribution in [2.75, 3.05) is 12.4 Å². The predicted molar refractivity (Wildman–Crippen MR) is 88.1 cm³/mol. The molecular formula is C14H16BrN3O2S. The standard InChI is InChI=1S/C14H16BrN3O2S/c1-7-4-9(15)5-11(20-3)12(7)18-13(19)10-6-21-14(17-10)8(2)16/h4-6,8H,16H2,1-3H3,(H,18,19). The van der Waals surface area contributed by atoms with Gasteiger partial charge in [-0.25, -0.2) is 4.98 Å². The number of rotatable bonds is 4. The van der Waals surface area contributed by atoms with Gasteiger partial charge >= 0.3 is 0 Å². The number of amides is 1. The Labute approximate surface area is 135 Å². The molecule has 1 heterocycles. The fourth-order valence-corrected chi connectivity index (χ4v) is 3.12. The molecule has 0 saturated carbocycles. The lowest BCUT2D eigenvalue weighted by atomic mass is 10.2. The lowest BCUT2D eigenvalue weighted by Crippen LogP contribution is -2.15. The van der Waals surface area contributed by atoms with Crippen molar-refractivity contribution in [2.24, 2.45) is 5.73 Å². The molecule has 0 radical (unpaired) electrons. The first kappa shape index (κ1) is 15.9. The molecule has 2 rings (SSSR count). The first-order valence-corrected chi connectivity index (χ1v) is 7.96. The number of benzene rings is 1. The summed E-state index contributed by atoms with van der Waals surface area (Å²) in [4.78, 5) is 16.5. The number of methoxy groups -OCH3 is 1. The topological polar surface area (TPSA) is 77.2 Å². The number of ether oxygens (including phenoxy) is 1. The summed E-state index contributed by atoms with van der Waals surface area (Å²) < 4.78 is 6.20. The van der Waals surface area contributed by atoms with Crippen LogP contribution in [0.25, 0.3) is 0 Å². The van der Waals surface area contributed by atoms with Crippen molar-refractivity contribution in [1.82, 2.24) is 4.98 Å². The molecule has 0 aliphatic rings. The van der Waals surface area contributed by atoms with E-state index < -0.39 is 0 Å². The van der Waals surface area contributed by atoms with Gasteiger partial charge in [-0.15, -0.1) is 11.3 Å². The van der Waals surface area contributed by atoms with Gasteiger partial charge in [0.25, 0.3) is 5.91 Å². The Balaban J connectivity index is 2.27. The summed E-state index contributed by atoms with van der Waals surface area (Å²) in [6.45, 7) is 3.74. The lowest BCUT2D eigenvalue weighted by Gasteiger charge is -2.13. The van der Waals surface area contributed by atoms with Crippen LogP contribution < -0.4 is 15.8 Å². The Bertz CT molecular complexity index is 670. The number of nitrogens with zero attached hydrogens (tertiary/aromatic N) is 1. The molecule has 0 saturated heterocycles. The highest BCUT2D eigenvalue weighted by molar-refractivity contribution is 9.10. The van der Waals surface area contributed by atoms with Gasteiger partial charge in [0, 0.05) is 9.85 Å². The smallest absolute Gasteiger partial charge is 0.275 e. The van der Waals surface area contributed by atoms with E-state index in [1.54, 1.807) is 18.6 Å². The molecule has 0 fully saturated rings. The van der Waals surface area contributed by atoms with Crippen LogP contribution in [-0.2, 0) is 0 Å². The number of nitrogens with one attached hydrogen (secondary N) is 1. The molecule has 3 N–H and O–H groups in total. The summed E-state index contributed by atoms with van der Waals surface area (Å²) >= 11 is 4.78. The van der Waals surface area contributed by atoms with Crippen molar-refractivity contribution in [3.8, 4) is 5.75 Å². The zero-order valence-electron chi connectivity index (χ0n) is 11.9. The van der Waals surface area contributed by atoms with Crippen molar-refractivity contribution in [3.63, 3.8) is 0 Å². The Kier molecular flexibility index (Phi) is 4.97. The Morgan fingerprint density at radius 3 is 2.81 bits per heavy atom. The van der Waals surface area contributed by atoms with Gasteiger partial charge in [-0.1, -0.05) is 15.9 Å². The maximum atomic E-state index is 12.3. The van der Waals surface area contributed by atoms with Crippen LogP contribution >= 0.6 is 27.3 Å². The van der Waals surface area contributed by atoms with Crippen molar-refractivity contribution in [1.29, 1.82) is 0 Å². The van der Waals surface area contributed by atoms with Gasteiger partial charge in [0.05, 0.1) is 18.8 Å². The Morgan fingerprint density at radius 2 is 2.24 bits per heavy atom. The third-order valence-corrected chi connectivity index (χ3v) is 4.37. The molecule has 7 heteroatoms. The van der Waals surface area contributed by atoms with E-state index in [0.29, 0.717) is 17.1 Å². The number of hydrogen-bond acceptors (Lipinski definition) is 5. The number of hydrogen-bond donors (Lipinski definition) is 2. The van der Waals surface area contributed by atoms with Gasteiger partial charge in [-0.05, 0) is 31.5 Å². The van der Waals surface area contributed by atoms with Gasteiger partial charge in [-0.2, -0.15) is 0 Å². The molecule has 1 aromatic carbocycles. The molecular weight excluding hydrogens is 354 g/mol. The number of carbonyl (C=O) groups is 1. The molecule has 5 nitrogen and oxygen atoms in total. The minimum Gasteiger partial charge on any atom is -0.495 e. The summed E-state index contributed by atoms with van der Waals surface area (Å²) in [6, 6.07) is 3.53. The molecule has 2 aromatic rings. The maximum Gasteiger partial charge on any atom is 0.275 e. The highest BCUT2D eigenvalue weighted by Crippen LogP contribution is 2.32.